The molecule has 4 rings (SSSR count). The second kappa shape index (κ2) is 6.59. The van der Waals surface area contributed by atoms with Crippen LogP contribution in [0.5, 0.6) is 0 Å². The summed E-state index contributed by atoms with van der Waals surface area (Å²) in [6, 6.07) is 11.6. The van der Waals surface area contributed by atoms with Crippen LogP contribution in [0.2, 0.25) is 5.02 Å². The van der Waals surface area contributed by atoms with Crippen molar-refractivity contribution in [3.8, 4) is 0 Å². The Bertz CT molecular complexity index is 1130. The summed E-state index contributed by atoms with van der Waals surface area (Å²) in [6.07, 6.45) is 3.66. The van der Waals surface area contributed by atoms with Crippen molar-refractivity contribution in [3.05, 3.63) is 75.6 Å². The number of carbonyl (C=O) groups excluding carboxylic acids is 2. The monoisotopic (exact) mass is 379 g/mol. The van der Waals surface area contributed by atoms with Crippen LogP contribution in [-0.4, -0.2) is 16.5 Å². The molecule has 27 heavy (non-hydrogen) atoms. The first-order valence-electron chi connectivity index (χ1n) is 8.59. The molecule has 0 spiro atoms. The summed E-state index contributed by atoms with van der Waals surface area (Å²) in [5.74, 6) is -0.433. The number of aryl methyl sites for hydroxylation is 2. The molecule has 1 aromatic heterocycles. The van der Waals surface area contributed by atoms with E-state index in [9.17, 15) is 9.59 Å². The van der Waals surface area contributed by atoms with Crippen molar-refractivity contribution in [1.29, 1.82) is 0 Å². The maximum Gasteiger partial charge on any atom is 0.326 e. The minimum atomic E-state index is -0.511. The maximum atomic E-state index is 11.9. The maximum absolute atomic E-state index is 11.9. The summed E-state index contributed by atoms with van der Waals surface area (Å²) in [6.45, 7) is 4.88. The van der Waals surface area contributed by atoms with Crippen molar-refractivity contribution < 1.29 is 9.59 Å². The molecule has 0 radical (unpaired) electrons. The lowest BCUT2D eigenvalue weighted by atomic mass is 10.1. The van der Waals surface area contributed by atoms with Crippen molar-refractivity contribution >= 4 is 40.5 Å². The molecule has 1 aliphatic heterocycles. The summed E-state index contributed by atoms with van der Waals surface area (Å²) in [5, 5.41) is 6.28. The lowest BCUT2D eigenvalue weighted by Gasteiger charge is -2.09. The summed E-state index contributed by atoms with van der Waals surface area (Å²) >= 11 is 6.19. The molecule has 1 saturated heterocycles. The third-order valence-electron chi connectivity index (χ3n) is 4.73. The summed E-state index contributed by atoms with van der Waals surface area (Å²) in [5.41, 5.74) is 5.74. The highest BCUT2D eigenvalue weighted by atomic mass is 35.5. The Morgan fingerprint density at radius 2 is 1.89 bits per heavy atom. The molecule has 2 heterocycles. The topological polar surface area (TPSA) is 63.1 Å². The van der Waals surface area contributed by atoms with E-state index in [0.717, 1.165) is 16.5 Å². The molecule has 0 atom stereocenters. The number of hydrogen-bond donors (Lipinski definition) is 2. The van der Waals surface area contributed by atoms with E-state index >= 15 is 0 Å². The van der Waals surface area contributed by atoms with Gasteiger partial charge in [0.2, 0.25) is 0 Å². The molecule has 0 bridgehead atoms. The molecule has 2 N–H and O–H groups in total. The number of aromatic nitrogens is 1. The number of nitrogens with one attached hydrogen (secondary N) is 2. The number of hydrogen-bond acceptors (Lipinski definition) is 2. The van der Waals surface area contributed by atoms with Crippen molar-refractivity contribution in [1.82, 2.24) is 15.2 Å². The van der Waals surface area contributed by atoms with E-state index in [1.54, 1.807) is 6.08 Å². The van der Waals surface area contributed by atoms with Gasteiger partial charge < -0.3 is 9.88 Å². The molecule has 6 heteroatoms. The van der Waals surface area contributed by atoms with E-state index in [1.807, 2.05) is 24.4 Å². The van der Waals surface area contributed by atoms with Gasteiger partial charge in [-0.25, -0.2) is 4.79 Å². The third kappa shape index (κ3) is 3.34. The average molecular weight is 380 g/mol. The number of benzene rings is 2. The molecule has 3 amide bonds. The van der Waals surface area contributed by atoms with Gasteiger partial charge in [0.05, 0.1) is 0 Å². The van der Waals surface area contributed by atoms with Gasteiger partial charge in [-0.3, -0.25) is 10.1 Å². The highest BCUT2D eigenvalue weighted by Gasteiger charge is 2.23. The molecule has 136 valence electrons. The average Bonchev–Trinajstić information content (AvgIpc) is 3.10. The molecule has 3 aromatic rings. The fourth-order valence-corrected chi connectivity index (χ4v) is 3.56. The van der Waals surface area contributed by atoms with Crippen LogP contribution in [0.15, 0.2) is 48.3 Å². The number of halogens is 1. The fraction of sp³-hybridized carbons (Fsp3) is 0.143. The van der Waals surface area contributed by atoms with E-state index in [2.05, 4.69) is 47.2 Å². The van der Waals surface area contributed by atoms with Crippen LogP contribution in [0, 0.1) is 13.8 Å². The van der Waals surface area contributed by atoms with Crippen LogP contribution in [0.3, 0.4) is 0 Å². The predicted molar refractivity (Wildman–Crippen MR) is 107 cm³/mol. The standard InChI is InChI=1S/C21H18ClN3O2/c1-12-3-4-14(13(2)7-12)10-25-11-15(8-18-20(26)24-21(27)23-18)17-9-16(22)5-6-19(17)25/h3-9,11H,10H2,1-2H3,(H2,23,24,26,27)/b18-8-. The van der Waals surface area contributed by atoms with Crippen LogP contribution in [-0.2, 0) is 11.3 Å². The third-order valence-corrected chi connectivity index (χ3v) is 4.97. The van der Waals surface area contributed by atoms with Crippen LogP contribution < -0.4 is 10.6 Å². The zero-order chi connectivity index (χ0) is 19.1. The van der Waals surface area contributed by atoms with Gasteiger partial charge in [-0.05, 0) is 49.2 Å². The highest BCUT2D eigenvalue weighted by Crippen LogP contribution is 2.28. The van der Waals surface area contributed by atoms with Gasteiger partial charge in [0.1, 0.15) is 5.70 Å². The van der Waals surface area contributed by atoms with Crippen molar-refractivity contribution in [2.24, 2.45) is 0 Å². The van der Waals surface area contributed by atoms with Gasteiger partial charge in [0, 0.05) is 34.2 Å². The van der Waals surface area contributed by atoms with Crippen molar-refractivity contribution in [2.45, 2.75) is 20.4 Å². The zero-order valence-electron chi connectivity index (χ0n) is 15.0. The second-order valence-electron chi connectivity index (χ2n) is 6.77. The minimum Gasteiger partial charge on any atom is -0.342 e. The largest absolute Gasteiger partial charge is 0.342 e. The van der Waals surface area contributed by atoms with E-state index in [4.69, 9.17) is 11.6 Å². The molecule has 0 aliphatic carbocycles. The minimum absolute atomic E-state index is 0.227. The zero-order valence-corrected chi connectivity index (χ0v) is 15.7. The van der Waals surface area contributed by atoms with Crippen LogP contribution >= 0.6 is 11.6 Å². The SMILES string of the molecule is Cc1ccc(Cn2cc(/C=C3\NC(=O)NC3=O)c3cc(Cl)ccc32)c(C)c1. The second-order valence-corrected chi connectivity index (χ2v) is 7.21. The van der Waals surface area contributed by atoms with Gasteiger partial charge >= 0.3 is 6.03 Å². The lowest BCUT2D eigenvalue weighted by Crippen LogP contribution is -2.22. The fourth-order valence-electron chi connectivity index (χ4n) is 3.39. The van der Waals surface area contributed by atoms with Crippen molar-refractivity contribution in [2.75, 3.05) is 0 Å². The molecule has 2 aromatic carbocycles. The lowest BCUT2D eigenvalue weighted by molar-refractivity contribution is -0.115. The molecule has 5 nitrogen and oxygen atoms in total. The Labute approximate surface area is 161 Å². The Kier molecular flexibility index (Phi) is 4.24. The smallest absolute Gasteiger partial charge is 0.326 e. The van der Waals surface area contributed by atoms with Crippen LogP contribution in [0.1, 0.15) is 22.3 Å². The molecule has 0 saturated carbocycles. The van der Waals surface area contributed by atoms with Gasteiger partial charge in [-0.1, -0.05) is 35.4 Å². The first-order valence-corrected chi connectivity index (χ1v) is 8.97. The molecule has 0 unspecified atom stereocenters. The molecular formula is C21H18ClN3O2. The Morgan fingerprint density at radius 3 is 2.59 bits per heavy atom. The first kappa shape index (κ1) is 17.4. The molecule has 1 fully saturated rings. The Balaban J connectivity index is 1.81. The van der Waals surface area contributed by atoms with E-state index in [-0.39, 0.29) is 5.70 Å². The predicted octanol–water partition coefficient (Wildman–Crippen LogP) is 4.14. The van der Waals surface area contributed by atoms with Gasteiger partial charge in [-0.2, -0.15) is 0 Å². The van der Waals surface area contributed by atoms with Gasteiger partial charge in [0.15, 0.2) is 0 Å². The summed E-state index contributed by atoms with van der Waals surface area (Å²) in [7, 11) is 0. The number of fused-ring (bicyclic) bond motifs is 1. The number of carbonyl (C=O) groups is 2. The van der Waals surface area contributed by atoms with Gasteiger partial charge in [-0.15, -0.1) is 0 Å². The molecular weight excluding hydrogens is 362 g/mol. The highest BCUT2D eigenvalue weighted by molar-refractivity contribution is 6.31. The number of urea groups is 1. The van der Waals surface area contributed by atoms with Gasteiger partial charge in [0.25, 0.3) is 5.91 Å². The molecule has 1 aliphatic rings. The summed E-state index contributed by atoms with van der Waals surface area (Å²) < 4.78 is 2.13. The van der Waals surface area contributed by atoms with E-state index in [0.29, 0.717) is 11.6 Å². The number of nitrogens with zero attached hydrogens (tertiary/aromatic N) is 1. The quantitative estimate of drug-likeness (QED) is 0.530. The van der Waals surface area contributed by atoms with E-state index < -0.39 is 11.9 Å². The number of rotatable bonds is 3. The van der Waals surface area contributed by atoms with Crippen LogP contribution in [0.25, 0.3) is 17.0 Å². The number of imide groups is 1. The van der Waals surface area contributed by atoms with Crippen LogP contribution in [0.4, 0.5) is 4.79 Å². The van der Waals surface area contributed by atoms with Crippen molar-refractivity contribution in [3.63, 3.8) is 0 Å². The normalized spacial score (nSPS) is 15.4. The summed E-state index contributed by atoms with van der Waals surface area (Å²) in [4.78, 5) is 23.2. The first-order chi connectivity index (χ1) is 12.9. The number of amides is 3. The van der Waals surface area contributed by atoms with E-state index in [1.165, 1.54) is 16.7 Å². The Hall–Kier alpha value is -3.05. The Morgan fingerprint density at radius 1 is 1.07 bits per heavy atom.